The van der Waals surface area contributed by atoms with Crippen molar-refractivity contribution in [1.29, 1.82) is 0 Å². The van der Waals surface area contributed by atoms with Crippen LogP contribution in [0.2, 0.25) is 0 Å². The van der Waals surface area contributed by atoms with Crippen molar-refractivity contribution < 1.29 is 38.4 Å². The third-order valence-corrected chi connectivity index (χ3v) is 5.84. The summed E-state index contributed by atoms with van der Waals surface area (Å²) in [6.45, 7) is -1.67. The van der Waals surface area contributed by atoms with E-state index in [1.807, 2.05) is 0 Å². The Kier molecular flexibility index (Phi) is 11.5. The predicted octanol–water partition coefficient (Wildman–Crippen LogP) is 6.56. The van der Waals surface area contributed by atoms with Gasteiger partial charge >= 0.3 is 18.4 Å². The fourth-order valence-electron chi connectivity index (χ4n) is 3.36. The zero-order chi connectivity index (χ0) is 26.4. The molecule has 1 aliphatic heterocycles. The maximum Gasteiger partial charge on any atom is 0.508 e. The molecule has 0 radical (unpaired) electrons. The number of likely N-dealkylation sites (tertiary alicyclic amines) is 1. The van der Waals surface area contributed by atoms with E-state index in [2.05, 4.69) is 15.9 Å². The van der Waals surface area contributed by atoms with Crippen molar-refractivity contribution in [1.82, 2.24) is 4.90 Å². The number of hydrogen-bond acceptors (Lipinski definition) is 7. The third kappa shape index (κ3) is 11.0. The molecular weight excluding hydrogens is 663 g/mol. The highest BCUT2D eigenvalue weighted by molar-refractivity contribution is 9.10. The van der Waals surface area contributed by atoms with Gasteiger partial charge in [-0.15, -0.1) is 0 Å². The molecule has 1 aromatic carbocycles. The zero-order valence-corrected chi connectivity index (χ0v) is 23.6. The third-order valence-electron chi connectivity index (χ3n) is 4.66. The summed E-state index contributed by atoms with van der Waals surface area (Å²) in [6.07, 6.45) is -4.60. The molecule has 3 unspecified atom stereocenters. The number of alkyl halides is 6. The normalized spacial score (nSPS) is 20.7. The highest BCUT2D eigenvalue weighted by Crippen LogP contribution is 2.37. The zero-order valence-electron chi connectivity index (χ0n) is 17.5. The van der Waals surface area contributed by atoms with Crippen LogP contribution in [0.3, 0.4) is 0 Å². The number of rotatable bonds is 6. The molecule has 2 rings (SSSR count). The molecule has 9 nitrogen and oxygen atoms in total. The predicted molar refractivity (Wildman–Crippen MR) is 134 cm³/mol. The van der Waals surface area contributed by atoms with E-state index in [9.17, 15) is 19.5 Å². The fraction of sp³-hybridized carbons (Fsp3) is 0.526. The molecule has 0 saturated carbocycles. The molecule has 1 fully saturated rings. The lowest BCUT2D eigenvalue weighted by atomic mass is 9.79. The molecular formula is C19H18BrCl6NO8. The van der Waals surface area contributed by atoms with E-state index in [0.717, 1.165) is 9.37 Å². The highest BCUT2D eigenvalue weighted by Gasteiger charge is 2.43. The first kappa shape index (κ1) is 30.5. The summed E-state index contributed by atoms with van der Waals surface area (Å²) < 4.78 is 17.2. The van der Waals surface area contributed by atoms with Crippen molar-refractivity contribution in [3.8, 4) is 0 Å². The summed E-state index contributed by atoms with van der Waals surface area (Å²) in [5, 5.41) is 9.58. The Morgan fingerprint density at radius 3 is 1.97 bits per heavy atom. The molecule has 1 aliphatic rings. The molecule has 0 spiro atoms. The van der Waals surface area contributed by atoms with Crippen LogP contribution in [0, 0.1) is 5.92 Å². The lowest BCUT2D eigenvalue weighted by molar-refractivity contribution is -0.0410. The summed E-state index contributed by atoms with van der Waals surface area (Å²) in [5.41, 5.74) is 0.681. The van der Waals surface area contributed by atoms with Gasteiger partial charge < -0.3 is 29.0 Å². The molecule has 1 saturated heterocycles. The second kappa shape index (κ2) is 13.2. The molecule has 0 bridgehead atoms. The van der Waals surface area contributed by atoms with Gasteiger partial charge in [-0.1, -0.05) is 97.7 Å². The summed E-state index contributed by atoms with van der Waals surface area (Å²) in [7, 11) is 0. The number of amides is 1. The van der Waals surface area contributed by atoms with E-state index < -0.39 is 57.1 Å². The average molecular weight is 681 g/mol. The summed E-state index contributed by atoms with van der Waals surface area (Å²) in [6, 6.07) is 7.01. The number of ether oxygens (including phenoxy) is 4. The van der Waals surface area contributed by atoms with Gasteiger partial charge in [0.2, 0.25) is 7.59 Å². The molecule has 0 aromatic heterocycles. The van der Waals surface area contributed by atoms with Crippen LogP contribution in [0.15, 0.2) is 28.7 Å². The number of piperidine rings is 1. The van der Waals surface area contributed by atoms with E-state index in [1.54, 1.807) is 24.3 Å². The highest BCUT2D eigenvalue weighted by atomic mass is 79.9. The van der Waals surface area contributed by atoms with Crippen LogP contribution < -0.4 is 0 Å². The summed E-state index contributed by atoms with van der Waals surface area (Å²) in [5.74, 6) is -1.27. The Labute approximate surface area is 238 Å². The first-order valence-electron chi connectivity index (χ1n) is 9.64. The van der Waals surface area contributed by atoms with E-state index in [4.69, 9.17) is 88.6 Å². The van der Waals surface area contributed by atoms with E-state index >= 15 is 0 Å². The second-order valence-corrected chi connectivity index (χ2v) is 13.2. The van der Waals surface area contributed by atoms with Gasteiger partial charge in [-0.05, 0) is 17.7 Å². The first-order chi connectivity index (χ1) is 16.1. The van der Waals surface area contributed by atoms with Crippen molar-refractivity contribution in [3.63, 3.8) is 0 Å². The van der Waals surface area contributed by atoms with Crippen LogP contribution in [-0.2, 0) is 18.9 Å². The van der Waals surface area contributed by atoms with Crippen molar-refractivity contribution in [2.45, 2.75) is 19.6 Å². The van der Waals surface area contributed by atoms with Crippen molar-refractivity contribution in [2.24, 2.45) is 5.92 Å². The minimum Gasteiger partial charge on any atom is -0.465 e. The number of hydrogen-bond donors (Lipinski definition) is 1. The number of carbonyl (C=O) groups is 3. The topological polar surface area (TPSA) is 112 Å². The Balaban J connectivity index is 2.25. The lowest BCUT2D eigenvalue weighted by Gasteiger charge is -2.41. The van der Waals surface area contributed by atoms with Gasteiger partial charge in [0.25, 0.3) is 0 Å². The maximum atomic E-state index is 12.3. The van der Waals surface area contributed by atoms with Crippen molar-refractivity contribution in [3.05, 3.63) is 34.3 Å². The molecule has 1 amide bonds. The van der Waals surface area contributed by atoms with Gasteiger partial charge in [0, 0.05) is 22.9 Å². The van der Waals surface area contributed by atoms with Crippen LogP contribution in [0.5, 0.6) is 0 Å². The Morgan fingerprint density at radius 1 is 0.914 bits per heavy atom. The molecule has 0 aliphatic carbocycles. The van der Waals surface area contributed by atoms with Crippen molar-refractivity contribution in [2.75, 3.05) is 32.9 Å². The van der Waals surface area contributed by atoms with Gasteiger partial charge in [0.05, 0.1) is 6.54 Å². The number of nitrogens with zero attached hydrogens (tertiary/aromatic N) is 1. The molecule has 16 heteroatoms. The van der Waals surface area contributed by atoms with Crippen LogP contribution in [0.25, 0.3) is 0 Å². The minimum atomic E-state index is -1.87. The van der Waals surface area contributed by atoms with Crippen LogP contribution in [0.1, 0.15) is 11.5 Å². The number of carbonyl (C=O) groups excluding carboxylic acids is 2. The van der Waals surface area contributed by atoms with Gasteiger partial charge in [-0.2, -0.15) is 0 Å². The maximum absolute atomic E-state index is 12.3. The molecule has 1 N–H and O–H groups in total. The van der Waals surface area contributed by atoms with E-state index in [0.29, 0.717) is 5.56 Å². The van der Waals surface area contributed by atoms with E-state index in [1.165, 1.54) is 0 Å². The Bertz CT molecular complexity index is 895. The van der Waals surface area contributed by atoms with Crippen molar-refractivity contribution >= 4 is 104 Å². The smallest absolute Gasteiger partial charge is 0.465 e. The Hall–Kier alpha value is -0.750. The van der Waals surface area contributed by atoms with Gasteiger partial charge in [0.15, 0.2) is 0 Å². The fourth-order valence-corrected chi connectivity index (χ4v) is 3.95. The Morgan fingerprint density at radius 2 is 1.46 bits per heavy atom. The molecule has 196 valence electrons. The molecule has 3 atom stereocenters. The lowest BCUT2D eigenvalue weighted by Crippen LogP contribution is -2.52. The number of benzene rings is 1. The van der Waals surface area contributed by atoms with E-state index in [-0.39, 0.29) is 19.7 Å². The SMILES string of the molecule is O=C(OCC1CN(C(=O)O)CC(OC(=O)OCC(Cl)(Cl)Cl)C1c1ccc(Br)cc1)OCC(Cl)(Cl)Cl. The number of halogens is 7. The van der Waals surface area contributed by atoms with Gasteiger partial charge in [-0.25, -0.2) is 14.4 Å². The monoisotopic (exact) mass is 677 g/mol. The van der Waals surface area contributed by atoms with Crippen LogP contribution in [-0.4, -0.2) is 75.0 Å². The van der Waals surface area contributed by atoms with Gasteiger partial charge in [-0.3, -0.25) is 0 Å². The largest absolute Gasteiger partial charge is 0.508 e. The second-order valence-electron chi connectivity index (χ2n) is 7.30. The summed E-state index contributed by atoms with van der Waals surface area (Å²) in [4.78, 5) is 37.0. The standard InChI is InChI=1S/C19H18BrCl6NO8/c20-12-3-1-10(2-4-12)14-11(7-32-16(30)33-8-18(21,22)23)5-27(15(28)29)6-13(14)35-17(31)34-9-19(24,25)26/h1-4,11,13-14H,5-9H2,(H,28,29). The minimum absolute atomic E-state index is 0.0448. The average Bonchev–Trinajstić information content (AvgIpc) is 2.74. The molecule has 1 aromatic rings. The quantitative estimate of drug-likeness (QED) is 0.266. The molecule has 35 heavy (non-hydrogen) atoms. The molecule has 1 heterocycles. The number of carboxylic acid groups (broad SMARTS) is 1. The van der Waals surface area contributed by atoms with Crippen LogP contribution >= 0.6 is 85.5 Å². The first-order valence-corrected chi connectivity index (χ1v) is 12.7. The van der Waals surface area contributed by atoms with Crippen LogP contribution in [0.4, 0.5) is 14.4 Å². The summed E-state index contributed by atoms with van der Waals surface area (Å²) >= 11 is 36.8. The van der Waals surface area contributed by atoms with Gasteiger partial charge in [0.1, 0.15) is 25.9 Å².